The van der Waals surface area contributed by atoms with Crippen molar-refractivity contribution in [2.24, 2.45) is 0 Å². The molecule has 0 radical (unpaired) electrons. The van der Waals surface area contributed by atoms with Crippen molar-refractivity contribution < 1.29 is 4.79 Å². The van der Waals surface area contributed by atoms with E-state index in [0.29, 0.717) is 5.13 Å². The van der Waals surface area contributed by atoms with Gasteiger partial charge in [-0.2, -0.15) is 5.26 Å². The predicted octanol–water partition coefficient (Wildman–Crippen LogP) is 1.10. The molecule has 0 bridgehead atoms. The lowest BCUT2D eigenvalue weighted by atomic mass is 10.6. The fourth-order valence-electron chi connectivity index (χ4n) is 0.673. The normalized spacial score (nSPS) is 8.92. The van der Waals surface area contributed by atoms with Crippen LogP contribution < -0.4 is 10.6 Å². The maximum absolute atomic E-state index is 11.0. The van der Waals surface area contributed by atoms with Crippen LogP contribution in [-0.2, 0) is 0 Å². The summed E-state index contributed by atoms with van der Waals surface area (Å²) in [6.45, 7) is 1.84. The fraction of sp³-hybridized carbons (Fsp3) is 0.286. The van der Waals surface area contributed by atoms with Crippen molar-refractivity contribution in [3.63, 3.8) is 0 Å². The number of anilines is 1. The summed E-state index contributed by atoms with van der Waals surface area (Å²) in [5.41, 5.74) is 0.862. The number of carbonyl (C=O) groups excluding carboxylic acids is 1. The SMILES string of the molecule is Cc1csc(NC(=O)NCC#N)n1. The molecule has 0 fully saturated rings. The Hall–Kier alpha value is -1.61. The van der Waals surface area contributed by atoms with Crippen molar-refractivity contribution in [1.82, 2.24) is 10.3 Å². The van der Waals surface area contributed by atoms with Gasteiger partial charge in [0, 0.05) is 5.38 Å². The van der Waals surface area contributed by atoms with E-state index < -0.39 is 6.03 Å². The van der Waals surface area contributed by atoms with Gasteiger partial charge in [0.1, 0.15) is 6.54 Å². The number of hydrogen-bond donors (Lipinski definition) is 2. The molecule has 0 aliphatic rings. The molecule has 0 aromatic carbocycles. The van der Waals surface area contributed by atoms with Gasteiger partial charge in [0.2, 0.25) is 0 Å². The Bertz CT molecular complexity index is 341. The number of amides is 2. The number of aryl methyl sites for hydroxylation is 1. The molecule has 0 atom stereocenters. The highest BCUT2D eigenvalue weighted by Gasteiger charge is 2.02. The van der Waals surface area contributed by atoms with E-state index in [-0.39, 0.29) is 6.54 Å². The minimum Gasteiger partial charge on any atom is -0.325 e. The zero-order valence-electron chi connectivity index (χ0n) is 7.00. The highest BCUT2D eigenvalue weighted by Crippen LogP contribution is 2.13. The first kappa shape index (κ1) is 9.48. The molecule has 1 rings (SSSR count). The zero-order chi connectivity index (χ0) is 9.68. The molecule has 1 aromatic heterocycles. The molecular formula is C7H8N4OS. The minimum atomic E-state index is -0.407. The first-order chi connectivity index (χ1) is 6.22. The van der Waals surface area contributed by atoms with Crippen LogP contribution in [0.2, 0.25) is 0 Å². The molecule has 1 aromatic rings. The van der Waals surface area contributed by atoms with Gasteiger partial charge in [0.15, 0.2) is 5.13 Å². The van der Waals surface area contributed by atoms with Crippen molar-refractivity contribution in [1.29, 1.82) is 5.26 Å². The van der Waals surface area contributed by atoms with E-state index in [9.17, 15) is 4.79 Å². The molecule has 0 spiro atoms. The number of aromatic nitrogens is 1. The second-order valence-electron chi connectivity index (χ2n) is 2.26. The van der Waals surface area contributed by atoms with Gasteiger partial charge < -0.3 is 5.32 Å². The third-order valence-electron chi connectivity index (χ3n) is 1.17. The third-order valence-corrected chi connectivity index (χ3v) is 2.04. The molecule has 0 aliphatic carbocycles. The summed E-state index contributed by atoms with van der Waals surface area (Å²) in [7, 11) is 0. The second kappa shape index (κ2) is 4.42. The topological polar surface area (TPSA) is 77.8 Å². The monoisotopic (exact) mass is 196 g/mol. The zero-order valence-corrected chi connectivity index (χ0v) is 7.81. The average Bonchev–Trinajstić information content (AvgIpc) is 2.48. The van der Waals surface area contributed by atoms with Gasteiger partial charge in [-0.25, -0.2) is 9.78 Å². The van der Waals surface area contributed by atoms with E-state index in [0.717, 1.165) is 5.69 Å². The Labute approximate surface area is 79.4 Å². The molecule has 6 heteroatoms. The van der Waals surface area contributed by atoms with E-state index >= 15 is 0 Å². The van der Waals surface area contributed by atoms with Gasteiger partial charge >= 0.3 is 6.03 Å². The Balaban J connectivity index is 2.41. The van der Waals surface area contributed by atoms with Crippen LogP contribution in [0.1, 0.15) is 5.69 Å². The van der Waals surface area contributed by atoms with Gasteiger partial charge in [-0.1, -0.05) is 0 Å². The van der Waals surface area contributed by atoms with E-state index in [1.807, 2.05) is 12.3 Å². The molecule has 68 valence electrons. The van der Waals surface area contributed by atoms with Crippen molar-refractivity contribution in [3.8, 4) is 6.07 Å². The predicted molar refractivity (Wildman–Crippen MR) is 49.5 cm³/mol. The van der Waals surface area contributed by atoms with Crippen LogP contribution in [0.15, 0.2) is 5.38 Å². The molecule has 1 heterocycles. The van der Waals surface area contributed by atoms with Crippen LogP contribution in [0.25, 0.3) is 0 Å². The van der Waals surface area contributed by atoms with Crippen LogP contribution in [0.4, 0.5) is 9.93 Å². The number of nitrogens with zero attached hydrogens (tertiary/aromatic N) is 2. The second-order valence-corrected chi connectivity index (χ2v) is 3.12. The molecule has 2 amide bonds. The Kier molecular flexibility index (Phi) is 3.23. The Morgan fingerprint density at radius 2 is 2.62 bits per heavy atom. The number of rotatable bonds is 2. The van der Waals surface area contributed by atoms with Crippen LogP contribution in [0, 0.1) is 18.3 Å². The van der Waals surface area contributed by atoms with Crippen LogP contribution in [0.5, 0.6) is 0 Å². The van der Waals surface area contributed by atoms with E-state index in [1.54, 1.807) is 6.07 Å². The highest BCUT2D eigenvalue weighted by atomic mass is 32.1. The summed E-state index contributed by atoms with van der Waals surface area (Å²) in [6.07, 6.45) is 0. The highest BCUT2D eigenvalue weighted by molar-refractivity contribution is 7.13. The van der Waals surface area contributed by atoms with E-state index in [4.69, 9.17) is 5.26 Å². The van der Waals surface area contributed by atoms with Crippen molar-refractivity contribution >= 4 is 22.5 Å². The fourth-order valence-corrected chi connectivity index (χ4v) is 1.36. The first-order valence-electron chi connectivity index (χ1n) is 3.56. The number of nitrogens with one attached hydrogen (secondary N) is 2. The lowest BCUT2D eigenvalue weighted by molar-refractivity contribution is 0.253. The van der Waals surface area contributed by atoms with Gasteiger partial charge in [-0.15, -0.1) is 11.3 Å². The summed E-state index contributed by atoms with van der Waals surface area (Å²) in [5.74, 6) is 0. The Morgan fingerprint density at radius 1 is 1.85 bits per heavy atom. The lowest BCUT2D eigenvalue weighted by Gasteiger charge is -1.99. The molecule has 2 N–H and O–H groups in total. The largest absolute Gasteiger partial charge is 0.325 e. The molecular weight excluding hydrogens is 188 g/mol. The average molecular weight is 196 g/mol. The maximum atomic E-state index is 11.0. The molecule has 0 aliphatic heterocycles. The Morgan fingerprint density at radius 3 is 3.15 bits per heavy atom. The van der Waals surface area contributed by atoms with Crippen LogP contribution in [-0.4, -0.2) is 17.6 Å². The van der Waals surface area contributed by atoms with E-state index in [1.165, 1.54) is 11.3 Å². The number of carbonyl (C=O) groups is 1. The molecule has 0 unspecified atom stereocenters. The van der Waals surface area contributed by atoms with Gasteiger partial charge in [0.25, 0.3) is 0 Å². The summed E-state index contributed by atoms with van der Waals surface area (Å²) in [4.78, 5) is 15.0. The van der Waals surface area contributed by atoms with E-state index in [2.05, 4.69) is 15.6 Å². The van der Waals surface area contributed by atoms with Gasteiger partial charge in [-0.05, 0) is 6.92 Å². The smallest absolute Gasteiger partial charge is 0.321 e. The van der Waals surface area contributed by atoms with Crippen LogP contribution in [0.3, 0.4) is 0 Å². The lowest BCUT2D eigenvalue weighted by Crippen LogP contribution is -2.28. The van der Waals surface area contributed by atoms with Crippen LogP contribution >= 0.6 is 11.3 Å². The number of thiazole rings is 1. The number of nitriles is 1. The first-order valence-corrected chi connectivity index (χ1v) is 4.44. The molecule has 0 saturated carbocycles. The standard InChI is InChI=1S/C7H8N4OS/c1-5-4-13-7(10-5)11-6(12)9-3-2-8/h4H,3H2,1H3,(H2,9,10,11,12). The van der Waals surface area contributed by atoms with Gasteiger partial charge in [0.05, 0.1) is 11.8 Å². The maximum Gasteiger partial charge on any atom is 0.321 e. The quantitative estimate of drug-likeness (QED) is 0.695. The summed E-state index contributed by atoms with van der Waals surface area (Å²) < 4.78 is 0. The molecule has 0 saturated heterocycles. The summed E-state index contributed by atoms with van der Waals surface area (Å²) in [5, 5.41) is 15.4. The summed E-state index contributed by atoms with van der Waals surface area (Å²) >= 11 is 1.35. The minimum absolute atomic E-state index is 0.00378. The van der Waals surface area contributed by atoms with Crippen molar-refractivity contribution in [2.75, 3.05) is 11.9 Å². The van der Waals surface area contributed by atoms with Gasteiger partial charge in [-0.3, -0.25) is 5.32 Å². The summed E-state index contributed by atoms with van der Waals surface area (Å²) in [6, 6.07) is 1.39. The number of hydrogen-bond acceptors (Lipinski definition) is 4. The molecule has 13 heavy (non-hydrogen) atoms. The third kappa shape index (κ3) is 3.09. The molecule has 5 nitrogen and oxygen atoms in total. The van der Waals surface area contributed by atoms with Crippen molar-refractivity contribution in [3.05, 3.63) is 11.1 Å². The number of urea groups is 1. The van der Waals surface area contributed by atoms with Crippen molar-refractivity contribution in [2.45, 2.75) is 6.92 Å².